The molecule has 0 unspecified atom stereocenters. The first-order chi connectivity index (χ1) is 16.9. The second-order valence-electron chi connectivity index (χ2n) is 7.60. The van der Waals surface area contributed by atoms with Gasteiger partial charge >= 0.3 is 5.69 Å². The van der Waals surface area contributed by atoms with Gasteiger partial charge in [-0.05, 0) is 43.3 Å². The van der Waals surface area contributed by atoms with Crippen LogP contribution in [0.2, 0.25) is 0 Å². The van der Waals surface area contributed by atoms with Crippen molar-refractivity contribution in [3.05, 3.63) is 64.5 Å². The number of nitrogens with zero attached hydrogens (tertiary/aromatic N) is 5. The topological polar surface area (TPSA) is 116 Å². The number of benzene rings is 2. The van der Waals surface area contributed by atoms with Crippen molar-refractivity contribution in [2.45, 2.75) is 13.6 Å². The van der Waals surface area contributed by atoms with Crippen LogP contribution >= 0.6 is 0 Å². The first-order valence-electron chi connectivity index (χ1n) is 10.6. The van der Waals surface area contributed by atoms with Crippen molar-refractivity contribution in [3.8, 4) is 45.5 Å². The first kappa shape index (κ1) is 23.6. The van der Waals surface area contributed by atoms with Gasteiger partial charge in [-0.25, -0.2) is 9.36 Å². The normalized spacial score (nSPS) is 10.8. The van der Waals surface area contributed by atoms with E-state index in [4.69, 9.17) is 24.0 Å². The van der Waals surface area contributed by atoms with Crippen molar-refractivity contribution in [3.63, 3.8) is 0 Å². The van der Waals surface area contributed by atoms with Crippen LogP contribution in [-0.4, -0.2) is 52.9 Å². The summed E-state index contributed by atoms with van der Waals surface area (Å²) in [5.41, 5.74) is 3.98. The summed E-state index contributed by atoms with van der Waals surface area (Å²) in [4.78, 5) is 10.6. The van der Waals surface area contributed by atoms with E-state index in [2.05, 4.69) is 5.10 Å². The molecule has 0 radical (unpaired) electrons. The molecule has 0 aliphatic heterocycles. The molecule has 0 saturated heterocycles. The molecule has 2 heterocycles. The highest BCUT2D eigenvalue weighted by molar-refractivity contribution is 5.76. The lowest BCUT2D eigenvalue weighted by Crippen LogP contribution is -2.11. The Hall–Kier alpha value is -4.54. The van der Waals surface area contributed by atoms with Crippen molar-refractivity contribution < 1.29 is 23.9 Å². The van der Waals surface area contributed by atoms with Crippen molar-refractivity contribution in [2.24, 2.45) is 0 Å². The number of ether oxygens (including phenoxy) is 4. The molecule has 2 aromatic heterocycles. The molecule has 0 fully saturated rings. The van der Waals surface area contributed by atoms with Crippen LogP contribution in [0.5, 0.6) is 23.0 Å². The Morgan fingerprint density at radius 2 is 1.46 bits per heavy atom. The summed E-state index contributed by atoms with van der Waals surface area (Å²) in [5.74, 6) is 2.36. The van der Waals surface area contributed by atoms with Crippen LogP contribution in [0.1, 0.15) is 5.56 Å². The van der Waals surface area contributed by atoms with Crippen LogP contribution in [0.15, 0.2) is 48.8 Å². The zero-order valence-electron chi connectivity index (χ0n) is 20.0. The number of hydrogen-bond donors (Lipinski definition) is 0. The molecule has 0 amide bonds. The van der Waals surface area contributed by atoms with E-state index in [1.54, 1.807) is 33.1 Å². The molecule has 4 rings (SSSR count). The molecule has 4 aromatic rings. The van der Waals surface area contributed by atoms with Gasteiger partial charge in [0.15, 0.2) is 23.0 Å². The van der Waals surface area contributed by atoms with Gasteiger partial charge in [-0.1, -0.05) is 0 Å². The van der Waals surface area contributed by atoms with Gasteiger partial charge in [0.05, 0.1) is 44.8 Å². The van der Waals surface area contributed by atoms with Gasteiger partial charge in [0.2, 0.25) is 0 Å². The SMILES string of the molecule is COc1ccc(-c2nn(Cn3cc([N+](=O)[O-])cn3)c(-c3ccc(OC)c(OC)c3)c2C)cc1OC. The number of hydrogen-bond acceptors (Lipinski definition) is 8. The van der Waals surface area contributed by atoms with E-state index in [0.29, 0.717) is 23.0 Å². The van der Waals surface area contributed by atoms with Crippen LogP contribution in [0.3, 0.4) is 0 Å². The molecule has 11 heteroatoms. The number of rotatable bonds is 9. The summed E-state index contributed by atoms with van der Waals surface area (Å²) >= 11 is 0. The largest absolute Gasteiger partial charge is 0.493 e. The van der Waals surface area contributed by atoms with Gasteiger partial charge in [-0.15, -0.1) is 0 Å². The fourth-order valence-corrected chi connectivity index (χ4v) is 3.92. The molecule has 0 aliphatic carbocycles. The van der Waals surface area contributed by atoms with E-state index in [1.807, 2.05) is 43.3 Å². The summed E-state index contributed by atoms with van der Waals surface area (Å²) in [5, 5.41) is 20.1. The molecule has 35 heavy (non-hydrogen) atoms. The summed E-state index contributed by atoms with van der Waals surface area (Å²) in [7, 11) is 6.30. The van der Waals surface area contributed by atoms with Gasteiger partial charge < -0.3 is 18.9 Å². The molecule has 0 N–H and O–H groups in total. The van der Waals surface area contributed by atoms with Gasteiger partial charge in [0.1, 0.15) is 19.1 Å². The number of aromatic nitrogens is 4. The maximum absolute atomic E-state index is 11.1. The van der Waals surface area contributed by atoms with Gasteiger partial charge in [0, 0.05) is 16.7 Å². The Bertz CT molecular complexity index is 1380. The van der Waals surface area contributed by atoms with E-state index in [-0.39, 0.29) is 12.4 Å². The fraction of sp³-hybridized carbons (Fsp3) is 0.250. The summed E-state index contributed by atoms with van der Waals surface area (Å²) in [6, 6.07) is 11.2. The second-order valence-corrected chi connectivity index (χ2v) is 7.60. The lowest BCUT2D eigenvalue weighted by molar-refractivity contribution is -0.385. The quantitative estimate of drug-likeness (QED) is 0.259. The Morgan fingerprint density at radius 3 is 2.00 bits per heavy atom. The van der Waals surface area contributed by atoms with E-state index < -0.39 is 4.92 Å². The van der Waals surface area contributed by atoms with Crippen molar-refractivity contribution in [2.75, 3.05) is 28.4 Å². The predicted octanol–water partition coefficient (Wildman–Crippen LogP) is 4.17. The van der Waals surface area contributed by atoms with Gasteiger partial charge in [-0.2, -0.15) is 10.2 Å². The maximum atomic E-state index is 11.1. The Balaban J connectivity index is 1.88. The summed E-state index contributed by atoms with van der Waals surface area (Å²) in [6.45, 7) is 2.12. The molecule has 0 atom stereocenters. The smallest absolute Gasteiger partial charge is 0.307 e. The predicted molar refractivity (Wildman–Crippen MR) is 128 cm³/mol. The fourth-order valence-electron chi connectivity index (χ4n) is 3.92. The zero-order valence-corrected chi connectivity index (χ0v) is 20.0. The molecule has 11 nitrogen and oxygen atoms in total. The van der Waals surface area contributed by atoms with Crippen LogP contribution in [0.25, 0.3) is 22.5 Å². The maximum Gasteiger partial charge on any atom is 0.307 e. The summed E-state index contributed by atoms with van der Waals surface area (Å²) in [6.07, 6.45) is 2.58. The highest BCUT2D eigenvalue weighted by atomic mass is 16.6. The molecule has 0 bridgehead atoms. The highest BCUT2D eigenvalue weighted by Gasteiger charge is 2.21. The highest BCUT2D eigenvalue weighted by Crippen LogP contribution is 2.38. The van der Waals surface area contributed by atoms with Crippen LogP contribution < -0.4 is 18.9 Å². The minimum Gasteiger partial charge on any atom is -0.493 e. The Labute approximate surface area is 201 Å². The van der Waals surface area contributed by atoms with Crippen LogP contribution in [-0.2, 0) is 6.67 Å². The average molecular weight is 479 g/mol. The molecule has 182 valence electrons. The molecule has 0 aliphatic rings. The third kappa shape index (κ3) is 4.47. The van der Waals surface area contributed by atoms with Crippen molar-refractivity contribution in [1.29, 1.82) is 0 Å². The van der Waals surface area contributed by atoms with E-state index in [0.717, 1.165) is 28.1 Å². The zero-order chi connectivity index (χ0) is 25.1. The number of nitro groups is 1. The first-order valence-corrected chi connectivity index (χ1v) is 10.6. The lowest BCUT2D eigenvalue weighted by atomic mass is 10.0. The molecule has 0 spiro atoms. The number of methoxy groups -OCH3 is 4. The summed E-state index contributed by atoms with van der Waals surface area (Å²) < 4.78 is 24.9. The van der Waals surface area contributed by atoms with Crippen molar-refractivity contribution in [1.82, 2.24) is 19.6 Å². The molecular weight excluding hydrogens is 454 g/mol. The Morgan fingerprint density at radius 1 is 0.886 bits per heavy atom. The standard InChI is InChI=1S/C24H25N5O6/c1-15-23(16-6-8-19(32-2)21(10-16)34-4)26-28(14-27-13-18(12-25-27)29(30)31)24(15)17-7-9-20(33-3)22(11-17)35-5/h6-13H,14H2,1-5H3. The van der Waals surface area contributed by atoms with Crippen molar-refractivity contribution >= 4 is 5.69 Å². The van der Waals surface area contributed by atoms with Crippen LogP contribution in [0, 0.1) is 17.0 Å². The average Bonchev–Trinajstić information content (AvgIpc) is 3.47. The molecule has 0 saturated carbocycles. The minimum absolute atomic E-state index is 0.0957. The van der Waals surface area contributed by atoms with E-state index in [1.165, 1.54) is 17.1 Å². The molecule has 2 aromatic carbocycles. The molecular formula is C24H25N5O6. The van der Waals surface area contributed by atoms with Gasteiger partial charge in [-0.3, -0.25) is 10.1 Å². The van der Waals surface area contributed by atoms with E-state index >= 15 is 0 Å². The Kier molecular flexibility index (Phi) is 6.58. The third-order valence-corrected chi connectivity index (χ3v) is 5.61. The van der Waals surface area contributed by atoms with Crippen LogP contribution in [0.4, 0.5) is 5.69 Å². The monoisotopic (exact) mass is 479 g/mol. The lowest BCUT2D eigenvalue weighted by Gasteiger charge is -2.12. The van der Waals surface area contributed by atoms with Gasteiger partial charge in [0.25, 0.3) is 0 Å². The van der Waals surface area contributed by atoms with E-state index in [9.17, 15) is 10.1 Å². The minimum atomic E-state index is -0.484. The third-order valence-electron chi connectivity index (χ3n) is 5.61. The second kappa shape index (κ2) is 9.75.